The third-order valence-corrected chi connectivity index (χ3v) is 3.86. The van der Waals surface area contributed by atoms with E-state index >= 15 is 0 Å². The van der Waals surface area contributed by atoms with E-state index in [1.165, 1.54) is 6.07 Å². The van der Waals surface area contributed by atoms with Crippen LogP contribution in [-0.2, 0) is 10.0 Å². The maximum atomic E-state index is 13.3. The lowest BCUT2D eigenvalue weighted by Crippen LogP contribution is -2.16. The highest BCUT2D eigenvalue weighted by molar-refractivity contribution is 9.10. The second-order valence-corrected chi connectivity index (χ2v) is 6.98. The zero-order chi connectivity index (χ0) is 15.2. The zero-order valence-corrected chi connectivity index (χ0v) is 13.1. The molecule has 0 unspecified atom stereocenters. The van der Waals surface area contributed by atoms with Crippen molar-refractivity contribution < 1.29 is 21.9 Å². The largest absolute Gasteiger partial charge is 0.490 e. The summed E-state index contributed by atoms with van der Waals surface area (Å²) in [6.45, 7) is 0.238. The van der Waals surface area contributed by atoms with Crippen LogP contribution in [0.25, 0.3) is 0 Å². The highest BCUT2D eigenvalue weighted by atomic mass is 79.9. The highest BCUT2D eigenvalue weighted by Gasteiger charge is 2.11. The molecule has 114 valence electrons. The quantitative estimate of drug-likeness (QED) is 0.564. The van der Waals surface area contributed by atoms with E-state index in [-0.39, 0.29) is 18.1 Å². The van der Waals surface area contributed by atoms with Crippen molar-refractivity contribution in [2.45, 2.75) is 25.7 Å². The van der Waals surface area contributed by atoms with Gasteiger partial charge < -0.3 is 4.74 Å². The Balaban J connectivity index is 2.25. The summed E-state index contributed by atoms with van der Waals surface area (Å²) >= 11 is 3.05. The molecule has 0 aliphatic carbocycles. The van der Waals surface area contributed by atoms with E-state index in [0.29, 0.717) is 23.7 Å². The van der Waals surface area contributed by atoms with Crippen LogP contribution in [0.4, 0.5) is 8.78 Å². The van der Waals surface area contributed by atoms with Gasteiger partial charge in [-0.3, -0.25) is 0 Å². The molecule has 4 nitrogen and oxygen atoms in total. The third-order valence-electron chi connectivity index (χ3n) is 2.54. The number of primary sulfonamides is 1. The van der Waals surface area contributed by atoms with Crippen LogP contribution >= 0.6 is 15.9 Å². The summed E-state index contributed by atoms with van der Waals surface area (Å²) in [5.74, 6) is -2.16. The van der Waals surface area contributed by atoms with Crippen LogP contribution in [0.2, 0.25) is 0 Å². The minimum absolute atomic E-state index is 0.0423. The molecule has 0 saturated carbocycles. The first-order valence-electron chi connectivity index (χ1n) is 6.07. The Labute approximate surface area is 125 Å². The van der Waals surface area contributed by atoms with Gasteiger partial charge in [0.2, 0.25) is 15.8 Å². The molecule has 1 aromatic rings. The summed E-state index contributed by atoms with van der Waals surface area (Å²) in [5.41, 5.74) is 0. The number of ether oxygens (including phenoxy) is 1. The maximum Gasteiger partial charge on any atom is 0.209 e. The lowest BCUT2D eigenvalue weighted by Gasteiger charge is -2.08. The van der Waals surface area contributed by atoms with Crippen molar-refractivity contribution in [3.05, 3.63) is 28.2 Å². The van der Waals surface area contributed by atoms with E-state index in [1.807, 2.05) is 0 Å². The van der Waals surface area contributed by atoms with Gasteiger partial charge in [0.05, 0.1) is 12.4 Å². The first-order valence-corrected chi connectivity index (χ1v) is 8.58. The minimum atomic E-state index is -3.40. The van der Waals surface area contributed by atoms with Crippen LogP contribution in [0.1, 0.15) is 25.7 Å². The molecule has 1 rings (SSSR count). The van der Waals surface area contributed by atoms with E-state index in [4.69, 9.17) is 9.88 Å². The van der Waals surface area contributed by atoms with Crippen LogP contribution in [-0.4, -0.2) is 20.8 Å². The van der Waals surface area contributed by atoms with Crippen molar-refractivity contribution in [3.8, 4) is 5.75 Å². The Kier molecular flexibility index (Phi) is 6.84. The van der Waals surface area contributed by atoms with Crippen molar-refractivity contribution in [1.82, 2.24) is 0 Å². The van der Waals surface area contributed by atoms with Crippen molar-refractivity contribution in [1.29, 1.82) is 0 Å². The molecule has 0 aliphatic rings. The number of halogens is 3. The van der Waals surface area contributed by atoms with Crippen molar-refractivity contribution in [2.24, 2.45) is 5.14 Å². The lowest BCUT2D eigenvalue weighted by molar-refractivity contribution is 0.285. The molecule has 1 aromatic carbocycles. The molecule has 2 N–H and O–H groups in total. The molecule has 0 aromatic heterocycles. The molecular formula is C12H16BrF2NO3S. The number of benzene rings is 1. The monoisotopic (exact) mass is 371 g/mol. The number of unbranched alkanes of at least 4 members (excludes halogenated alkanes) is 3. The molecule has 0 spiro atoms. The molecule has 0 heterocycles. The van der Waals surface area contributed by atoms with Gasteiger partial charge in [0, 0.05) is 4.47 Å². The van der Waals surface area contributed by atoms with Crippen LogP contribution in [0.5, 0.6) is 5.75 Å². The van der Waals surface area contributed by atoms with Gasteiger partial charge in [-0.15, -0.1) is 0 Å². The third kappa shape index (κ3) is 6.62. The SMILES string of the molecule is NS(=O)(=O)CCCCCCOc1cc(Br)cc(F)c1F. The molecule has 0 saturated heterocycles. The van der Waals surface area contributed by atoms with Gasteiger partial charge in [-0.25, -0.2) is 17.9 Å². The lowest BCUT2D eigenvalue weighted by atomic mass is 10.2. The predicted molar refractivity (Wildman–Crippen MR) is 76.0 cm³/mol. The number of hydrogen-bond acceptors (Lipinski definition) is 3. The predicted octanol–water partition coefficient (Wildman–Crippen LogP) is 2.96. The van der Waals surface area contributed by atoms with Gasteiger partial charge in [-0.1, -0.05) is 28.8 Å². The molecule has 0 atom stereocenters. The molecule has 0 radical (unpaired) electrons. The second-order valence-electron chi connectivity index (χ2n) is 4.33. The first kappa shape index (κ1) is 17.3. The smallest absolute Gasteiger partial charge is 0.209 e. The fourth-order valence-corrected chi connectivity index (χ4v) is 2.59. The van der Waals surface area contributed by atoms with Crippen LogP contribution in [0.15, 0.2) is 16.6 Å². The summed E-state index contributed by atoms with van der Waals surface area (Å²) in [7, 11) is -3.40. The van der Waals surface area contributed by atoms with E-state index < -0.39 is 21.7 Å². The number of sulfonamides is 1. The highest BCUT2D eigenvalue weighted by Crippen LogP contribution is 2.25. The first-order chi connectivity index (χ1) is 9.29. The van der Waals surface area contributed by atoms with Gasteiger partial charge in [-0.2, -0.15) is 4.39 Å². The summed E-state index contributed by atoms with van der Waals surface area (Å²) in [5, 5.41) is 4.86. The topological polar surface area (TPSA) is 69.4 Å². The molecule has 0 aliphatic heterocycles. The fourth-order valence-electron chi connectivity index (χ4n) is 1.58. The Morgan fingerprint density at radius 1 is 1.15 bits per heavy atom. The molecule has 20 heavy (non-hydrogen) atoms. The van der Waals surface area contributed by atoms with Gasteiger partial charge >= 0.3 is 0 Å². The second kappa shape index (κ2) is 7.90. The van der Waals surface area contributed by atoms with E-state index in [0.717, 1.165) is 12.5 Å². The van der Waals surface area contributed by atoms with Crippen LogP contribution < -0.4 is 9.88 Å². The minimum Gasteiger partial charge on any atom is -0.490 e. The van der Waals surface area contributed by atoms with E-state index in [2.05, 4.69) is 15.9 Å². The van der Waals surface area contributed by atoms with Gasteiger partial charge in [-0.05, 0) is 25.0 Å². The van der Waals surface area contributed by atoms with Crippen LogP contribution in [0.3, 0.4) is 0 Å². The zero-order valence-electron chi connectivity index (χ0n) is 10.7. The number of hydrogen-bond donors (Lipinski definition) is 1. The van der Waals surface area contributed by atoms with Gasteiger partial charge in [0.1, 0.15) is 0 Å². The summed E-state index contributed by atoms with van der Waals surface area (Å²) in [4.78, 5) is 0. The number of nitrogens with two attached hydrogens (primary N) is 1. The van der Waals surface area contributed by atoms with Crippen molar-refractivity contribution in [2.75, 3.05) is 12.4 Å². The Morgan fingerprint density at radius 2 is 1.80 bits per heavy atom. The normalized spacial score (nSPS) is 11.6. The molecule has 0 amide bonds. The van der Waals surface area contributed by atoms with Crippen LogP contribution in [0, 0.1) is 11.6 Å². The summed E-state index contributed by atoms with van der Waals surface area (Å²) in [6, 6.07) is 2.38. The maximum absolute atomic E-state index is 13.3. The Hall–Kier alpha value is -0.730. The molecule has 0 bridgehead atoms. The fraction of sp³-hybridized carbons (Fsp3) is 0.500. The average Bonchev–Trinajstić information content (AvgIpc) is 2.32. The molecular weight excluding hydrogens is 356 g/mol. The summed E-state index contributed by atoms with van der Waals surface area (Å²) < 4.78 is 53.3. The van der Waals surface area contributed by atoms with Gasteiger partial charge in [0.15, 0.2) is 11.6 Å². The Morgan fingerprint density at radius 3 is 2.45 bits per heavy atom. The van der Waals surface area contributed by atoms with E-state index in [1.54, 1.807) is 0 Å². The van der Waals surface area contributed by atoms with Crippen molar-refractivity contribution in [3.63, 3.8) is 0 Å². The van der Waals surface area contributed by atoms with Gasteiger partial charge in [0.25, 0.3) is 0 Å². The standard InChI is InChI=1S/C12H16BrF2NO3S/c13-9-7-10(14)12(15)11(8-9)19-5-3-1-2-4-6-20(16,17)18/h7-8H,1-6H2,(H2,16,17,18). The molecule has 8 heteroatoms. The Bertz CT molecular complexity index is 552. The molecule has 0 fully saturated rings. The summed E-state index contributed by atoms with van der Waals surface area (Å²) in [6.07, 6.45) is 2.53. The van der Waals surface area contributed by atoms with Crippen molar-refractivity contribution >= 4 is 26.0 Å². The van der Waals surface area contributed by atoms with E-state index in [9.17, 15) is 17.2 Å². The average molecular weight is 372 g/mol. The number of rotatable bonds is 8.